The monoisotopic (exact) mass is 418 g/mol. The van der Waals surface area contributed by atoms with Crippen LogP contribution in [0.2, 0.25) is 5.02 Å². The number of aryl methyl sites for hydroxylation is 1. The zero-order valence-electron chi connectivity index (χ0n) is 16.6. The first-order valence-corrected chi connectivity index (χ1v) is 10.9. The Bertz CT molecular complexity index is 813. The van der Waals surface area contributed by atoms with Gasteiger partial charge < -0.3 is 10.2 Å². The minimum atomic E-state index is -0.566. The summed E-state index contributed by atoms with van der Waals surface area (Å²) >= 11 is 7.83. The van der Waals surface area contributed by atoms with Gasteiger partial charge in [0.05, 0.1) is 5.75 Å². The first kappa shape index (κ1) is 22.3. The Morgan fingerprint density at radius 2 is 1.93 bits per heavy atom. The average Bonchev–Trinajstić information content (AvgIpc) is 2.67. The van der Waals surface area contributed by atoms with E-state index in [0.29, 0.717) is 23.9 Å². The van der Waals surface area contributed by atoms with Crippen molar-refractivity contribution in [3.05, 3.63) is 70.2 Å². The molecule has 6 heteroatoms. The zero-order valence-corrected chi connectivity index (χ0v) is 18.1. The fourth-order valence-corrected chi connectivity index (χ4v) is 3.91. The number of nitrogens with one attached hydrogen (secondary N) is 1. The summed E-state index contributed by atoms with van der Waals surface area (Å²) in [6.45, 7) is 6.51. The highest BCUT2D eigenvalue weighted by atomic mass is 35.5. The van der Waals surface area contributed by atoms with Crippen molar-refractivity contribution in [2.24, 2.45) is 0 Å². The van der Waals surface area contributed by atoms with Crippen molar-refractivity contribution >= 4 is 35.2 Å². The molecule has 2 rings (SSSR count). The van der Waals surface area contributed by atoms with Gasteiger partial charge >= 0.3 is 0 Å². The Labute approximate surface area is 176 Å². The molecular formula is C22H27ClN2O2S. The molecule has 0 aliphatic heterocycles. The summed E-state index contributed by atoms with van der Waals surface area (Å²) < 4.78 is 0. The van der Waals surface area contributed by atoms with Crippen LogP contribution >= 0.6 is 23.4 Å². The van der Waals surface area contributed by atoms with Crippen molar-refractivity contribution in [3.8, 4) is 0 Å². The van der Waals surface area contributed by atoms with E-state index in [1.807, 2.05) is 31.2 Å². The number of thioether (sulfide) groups is 1. The third kappa shape index (κ3) is 6.57. The molecule has 0 spiro atoms. The predicted octanol–water partition coefficient (Wildman–Crippen LogP) is 4.44. The fraction of sp³-hybridized carbons (Fsp3) is 0.364. The second-order valence-electron chi connectivity index (χ2n) is 6.67. The second kappa shape index (κ2) is 11.1. The van der Waals surface area contributed by atoms with Crippen LogP contribution in [0.5, 0.6) is 0 Å². The van der Waals surface area contributed by atoms with E-state index in [1.165, 1.54) is 11.1 Å². The van der Waals surface area contributed by atoms with Crippen molar-refractivity contribution in [1.29, 1.82) is 0 Å². The lowest BCUT2D eigenvalue weighted by molar-refractivity contribution is -0.138. The molecule has 0 aromatic heterocycles. The summed E-state index contributed by atoms with van der Waals surface area (Å²) in [6, 6.07) is 15.1. The van der Waals surface area contributed by atoms with Gasteiger partial charge in [0.25, 0.3) is 0 Å². The standard InChI is InChI=1S/C22H27ClN2O2S/c1-4-24-22(27)17(3)25(13-19-10-5-6-11-20(19)23)21(26)15-28-14-18-9-7-8-16(2)12-18/h5-12,17H,4,13-15H2,1-3H3,(H,24,27)/t17-/m0/s1. The molecule has 0 fully saturated rings. The van der Waals surface area contributed by atoms with E-state index in [9.17, 15) is 9.59 Å². The van der Waals surface area contributed by atoms with E-state index in [0.717, 1.165) is 11.3 Å². The molecule has 4 nitrogen and oxygen atoms in total. The summed E-state index contributed by atoms with van der Waals surface area (Å²) in [6.07, 6.45) is 0. The van der Waals surface area contributed by atoms with Crippen molar-refractivity contribution in [3.63, 3.8) is 0 Å². The van der Waals surface area contributed by atoms with E-state index < -0.39 is 6.04 Å². The van der Waals surface area contributed by atoms with Gasteiger partial charge in [0.15, 0.2) is 0 Å². The minimum Gasteiger partial charge on any atom is -0.355 e. The highest BCUT2D eigenvalue weighted by Crippen LogP contribution is 2.20. The maximum Gasteiger partial charge on any atom is 0.242 e. The van der Waals surface area contributed by atoms with Gasteiger partial charge in [-0.1, -0.05) is 59.6 Å². The topological polar surface area (TPSA) is 49.4 Å². The normalized spacial score (nSPS) is 11.7. The fourth-order valence-electron chi connectivity index (χ4n) is 2.86. The molecule has 1 atom stereocenters. The molecule has 0 bridgehead atoms. The number of carbonyl (C=O) groups is 2. The number of hydrogen-bond acceptors (Lipinski definition) is 3. The van der Waals surface area contributed by atoms with E-state index in [4.69, 9.17) is 11.6 Å². The van der Waals surface area contributed by atoms with Gasteiger partial charge in [0.1, 0.15) is 6.04 Å². The van der Waals surface area contributed by atoms with Gasteiger partial charge in [-0.15, -0.1) is 11.8 Å². The molecule has 0 radical (unpaired) electrons. The van der Waals surface area contributed by atoms with Crippen LogP contribution in [0.1, 0.15) is 30.5 Å². The smallest absolute Gasteiger partial charge is 0.242 e. The molecule has 0 heterocycles. The molecule has 150 valence electrons. The Kier molecular flexibility index (Phi) is 8.87. The number of nitrogens with zero attached hydrogens (tertiary/aromatic N) is 1. The maximum absolute atomic E-state index is 12.9. The molecule has 2 amide bonds. The Morgan fingerprint density at radius 1 is 1.18 bits per heavy atom. The maximum atomic E-state index is 12.9. The first-order chi connectivity index (χ1) is 13.4. The van der Waals surface area contributed by atoms with Crippen LogP contribution in [0.25, 0.3) is 0 Å². The molecule has 28 heavy (non-hydrogen) atoms. The predicted molar refractivity (Wildman–Crippen MR) is 117 cm³/mol. The number of amides is 2. The Morgan fingerprint density at radius 3 is 2.61 bits per heavy atom. The highest BCUT2D eigenvalue weighted by molar-refractivity contribution is 7.99. The largest absolute Gasteiger partial charge is 0.355 e. The lowest BCUT2D eigenvalue weighted by atomic mass is 10.1. The molecule has 2 aromatic carbocycles. The van der Waals surface area contributed by atoms with Crippen molar-refractivity contribution in [2.45, 2.75) is 39.1 Å². The number of carbonyl (C=O) groups excluding carboxylic acids is 2. The minimum absolute atomic E-state index is 0.0728. The van der Waals surface area contributed by atoms with Crippen molar-refractivity contribution in [1.82, 2.24) is 10.2 Å². The summed E-state index contributed by atoms with van der Waals surface area (Å²) in [5.74, 6) is 0.827. The lowest BCUT2D eigenvalue weighted by Crippen LogP contribution is -2.48. The number of rotatable bonds is 9. The van der Waals surface area contributed by atoms with Gasteiger partial charge in [-0.05, 0) is 38.0 Å². The SMILES string of the molecule is CCNC(=O)[C@H](C)N(Cc1ccccc1Cl)C(=O)CSCc1cccc(C)c1. The molecule has 0 saturated carbocycles. The van der Waals surface area contributed by atoms with Gasteiger partial charge in [-0.2, -0.15) is 0 Å². The van der Waals surface area contributed by atoms with Gasteiger partial charge in [0, 0.05) is 23.9 Å². The van der Waals surface area contributed by atoms with Crippen LogP contribution in [-0.2, 0) is 21.9 Å². The lowest BCUT2D eigenvalue weighted by Gasteiger charge is -2.29. The van der Waals surface area contributed by atoms with E-state index in [2.05, 4.69) is 30.4 Å². The molecule has 0 unspecified atom stereocenters. The first-order valence-electron chi connectivity index (χ1n) is 9.36. The van der Waals surface area contributed by atoms with Crippen molar-refractivity contribution < 1.29 is 9.59 Å². The van der Waals surface area contributed by atoms with E-state index >= 15 is 0 Å². The van der Waals surface area contributed by atoms with E-state index in [-0.39, 0.29) is 11.8 Å². The molecule has 0 aliphatic carbocycles. The summed E-state index contributed by atoms with van der Waals surface area (Å²) in [5.41, 5.74) is 3.22. The van der Waals surface area contributed by atoms with Gasteiger partial charge in [0.2, 0.25) is 11.8 Å². The quantitative estimate of drug-likeness (QED) is 0.655. The summed E-state index contributed by atoms with van der Waals surface area (Å²) in [7, 11) is 0. The summed E-state index contributed by atoms with van der Waals surface area (Å²) in [5, 5.41) is 3.39. The second-order valence-corrected chi connectivity index (χ2v) is 8.06. The van der Waals surface area contributed by atoms with Gasteiger partial charge in [-0.3, -0.25) is 9.59 Å². The highest BCUT2D eigenvalue weighted by Gasteiger charge is 2.26. The number of hydrogen-bond donors (Lipinski definition) is 1. The van der Waals surface area contributed by atoms with Crippen LogP contribution in [0.3, 0.4) is 0 Å². The van der Waals surface area contributed by atoms with Gasteiger partial charge in [-0.25, -0.2) is 0 Å². The van der Waals surface area contributed by atoms with E-state index in [1.54, 1.807) is 29.7 Å². The number of halogens is 1. The third-order valence-electron chi connectivity index (χ3n) is 4.39. The van der Waals surface area contributed by atoms with Crippen LogP contribution < -0.4 is 5.32 Å². The van der Waals surface area contributed by atoms with Crippen LogP contribution in [-0.4, -0.2) is 35.1 Å². The Balaban J connectivity index is 2.07. The van der Waals surface area contributed by atoms with Crippen LogP contribution in [0, 0.1) is 6.92 Å². The summed E-state index contributed by atoms with van der Waals surface area (Å²) in [4.78, 5) is 26.9. The van der Waals surface area contributed by atoms with Crippen LogP contribution in [0.15, 0.2) is 48.5 Å². The molecule has 1 N–H and O–H groups in total. The molecular weight excluding hydrogens is 392 g/mol. The molecule has 0 saturated heterocycles. The third-order valence-corrected chi connectivity index (χ3v) is 5.75. The zero-order chi connectivity index (χ0) is 20.5. The average molecular weight is 419 g/mol. The van der Waals surface area contributed by atoms with Crippen LogP contribution in [0.4, 0.5) is 0 Å². The van der Waals surface area contributed by atoms with Crippen molar-refractivity contribution in [2.75, 3.05) is 12.3 Å². The number of benzene rings is 2. The molecule has 2 aromatic rings. The Hall–Kier alpha value is -1.98. The number of likely N-dealkylation sites (N-methyl/N-ethyl adjacent to an activating group) is 1. The molecule has 0 aliphatic rings.